The number of methoxy groups -OCH3 is 1. The molecule has 2 atom stereocenters. The summed E-state index contributed by atoms with van der Waals surface area (Å²) >= 11 is 0. The summed E-state index contributed by atoms with van der Waals surface area (Å²) in [6.45, 7) is 4.67. The minimum atomic E-state index is -4.65. The lowest BCUT2D eigenvalue weighted by Gasteiger charge is -2.20. The molecule has 0 radical (unpaired) electrons. The van der Waals surface area contributed by atoms with Crippen LogP contribution in [0.3, 0.4) is 0 Å². The molecule has 0 saturated heterocycles. The van der Waals surface area contributed by atoms with Gasteiger partial charge in [0, 0.05) is 25.8 Å². The van der Waals surface area contributed by atoms with Gasteiger partial charge in [-0.2, -0.15) is 0 Å². The first-order valence-corrected chi connectivity index (χ1v) is 6.42. The maximum atomic E-state index is 12.0. The predicted octanol–water partition coefficient (Wildman–Crippen LogP) is 3.66. The van der Waals surface area contributed by atoms with Crippen molar-refractivity contribution in [2.24, 2.45) is 0 Å². The van der Waals surface area contributed by atoms with Crippen LogP contribution in [0.15, 0.2) is 24.3 Å². The third kappa shape index (κ3) is 6.25. The molecule has 1 aromatic carbocycles. The van der Waals surface area contributed by atoms with Crippen LogP contribution >= 0.6 is 0 Å². The molecule has 3 nitrogen and oxygen atoms in total. The summed E-state index contributed by atoms with van der Waals surface area (Å²) in [6.07, 6.45) is -3.78. The topological polar surface area (TPSA) is 30.5 Å². The normalized spacial score (nSPS) is 14.9. The lowest BCUT2D eigenvalue weighted by Crippen LogP contribution is -2.29. The fraction of sp³-hybridized carbons (Fsp3) is 0.571. The molecular weight excluding hydrogens is 271 g/mol. The maximum absolute atomic E-state index is 12.0. The van der Waals surface area contributed by atoms with Crippen molar-refractivity contribution in [3.8, 4) is 5.75 Å². The third-order valence-corrected chi connectivity index (χ3v) is 2.90. The van der Waals surface area contributed by atoms with Gasteiger partial charge in [0.05, 0.1) is 0 Å². The lowest BCUT2D eigenvalue weighted by atomic mass is 10.1. The van der Waals surface area contributed by atoms with Crippen LogP contribution in [-0.4, -0.2) is 26.1 Å². The van der Waals surface area contributed by atoms with Gasteiger partial charge in [0.1, 0.15) is 5.75 Å². The Morgan fingerprint density at radius 3 is 2.25 bits per heavy atom. The highest BCUT2D eigenvalue weighted by atomic mass is 19.4. The van der Waals surface area contributed by atoms with Crippen LogP contribution in [0, 0.1) is 0 Å². The second-order valence-corrected chi connectivity index (χ2v) is 4.69. The average molecular weight is 291 g/mol. The largest absolute Gasteiger partial charge is 0.573 e. The molecule has 2 unspecified atom stereocenters. The zero-order valence-electron chi connectivity index (χ0n) is 11.8. The summed E-state index contributed by atoms with van der Waals surface area (Å²) in [5, 5.41) is 3.36. The molecule has 0 amide bonds. The van der Waals surface area contributed by atoms with Gasteiger partial charge in [-0.1, -0.05) is 12.1 Å². The van der Waals surface area contributed by atoms with Gasteiger partial charge in [-0.15, -0.1) is 13.2 Å². The zero-order valence-corrected chi connectivity index (χ0v) is 11.8. The van der Waals surface area contributed by atoms with Crippen LogP contribution in [0.5, 0.6) is 5.75 Å². The van der Waals surface area contributed by atoms with Gasteiger partial charge in [-0.3, -0.25) is 0 Å². The minimum Gasteiger partial charge on any atom is -0.406 e. The Bertz CT molecular complexity index is 392. The zero-order chi connectivity index (χ0) is 15.2. The fourth-order valence-corrected chi connectivity index (χ4v) is 1.86. The van der Waals surface area contributed by atoms with E-state index in [4.69, 9.17) is 4.74 Å². The first-order valence-electron chi connectivity index (χ1n) is 6.42. The summed E-state index contributed by atoms with van der Waals surface area (Å²) < 4.78 is 45.0. The highest BCUT2D eigenvalue weighted by Crippen LogP contribution is 2.24. The summed E-state index contributed by atoms with van der Waals surface area (Å²) in [6, 6.07) is 6.20. The maximum Gasteiger partial charge on any atom is 0.573 e. The van der Waals surface area contributed by atoms with E-state index in [0.29, 0.717) is 6.61 Å². The van der Waals surface area contributed by atoms with E-state index in [-0.39, 0.29) is 17.8 Å². The summed E-state index contributed by atoms with van der Waals surface area (Å²) in [7, 11) is 1.65. The molecule has 114 valence electrons. The molecule has 0 spiro atoms. The van der Waals surface area contributed by atoms with Gasteiger partial charge < -0.3 is 14.8 Å². The first kappa shape index (κ1) is 16.8. The van der Waals surface area contributed by atoms with E-state index in [1.165, 1.54) is 12.1 Å². The van der Waals surface area contributed by atoms with E-state index in [0.717, 1.165) is 12.0 Å². The molecule has 0 aromatic heterocycles. The van der Waals surface area contributed by atoms with Crippen molar-refractivity contribution >= 4 is 0 Å². The van der Waals surface area contributed by atoms with Crippen LogP contribution < -0.4 is 10.1 Å². The Balaban J connectivity index is 2.55. The predicted molar refractivity (Wildman–Crippen MR) is 70.6 cm³/mol. The highest BCUT2D eigenvalue weighted by Gasteiger charge is 2.31. The Morgan fingerprint density at radius 2 is 1.75 bits per heavy atom. The van der Waals surface area contributed by atoms with Gasteiger partial charge in [0.25, 0.3) is 0 Å². The molecule has 1 rings (SSSR count). The number of nitrogens with one attached hydrogen (secondary N) is 1. The number of rotatable bonds is 7. The van der Waals surface area contributed by atoms with E-state index in [1.54, 1.807) is 19.2 Å². The molecule has 0 heterocycles. The van der Waals surface area contributed by atoms with Crippen molar-refractivity contribution in [3.05, 3.63) is 29.8 Å². The quantitative estimate of drug-likeness (QED) is 0.831. The monoisotopic (exact) mass is 291 g/mol. The molecule has 0 fully saturated rings. The standard InChI is InChI=1S/C14H20F3NO2/c1-10(8-9-19-3)18-11(2)12-4-6-13(7-5-12)20-14(15,16)17/h4-7,10-11,18H,8-9H2,1-3H3. The molecule has 0 aliphatic carbocycles. The number of hydrogen-bond donors (Lipinski definition) is 1. The second-order valence-electron chi connectivity index (χ2n) is 4.69. The van der Waals surface area contributed by atoms with E-state index in [9.17, 15) is 13.2 Å². The smallest absolute Gasteiger partial charge is 0.406 e. The van der Waals surface area contributed by atoms with E-state index >= 15 is 0 Å². The molecule has 0 aliphatic rings. The van der Waals surface area contributed by atoms with Crippen molar-refractivity contribution in [1.82, 2.24) is 5.32 Å². The van der Waals surface area contributed by atoms with E-state index in [1.807, 2.05) is 13.8 Å². The molecule has 6 heteroatoms. The Morgan fingerprint density at radius 1 is 1.15 bits per heavy atom. The molecule has 0 bridgehead atoms. The molecule has 0 saturated carbocycles. The fourth-order valence-electron chi connectivity index (χ4n) is 1.86. The van der Waals surface area contributed by atoms with Gasteiger partial charge in [0.15, 0.2) is 0 Å². The number of hydrogen-bond acceptors (Lipinski definition) is 3. The van der Waals surface area contributed by atoms with Crippen LogP contribution in [0.25, 0.3) is 0 Å². The van der Waals surface area contributed by atoms with Crippen LogP contribution in [0.1, 0.15) is 31.9 Å². The van der Waals surface area contributed by atoms with E-state index < -0.39 is 6.36 Å². The molecule has 20 heavy (non-hydrogen) atoms. The van der Waals surface area contributed by atoms with Crippen molar-refractivity contribution in [2.45, 2.75) is 38.7 Å². The summed E-state index contributed by atoms with van der Waals surface area (Å²) in [5.74, 6) is -0.208. The number of halogens is 3. The second kappa shape index (κ2) is 7.50. The molecule has 1 aromatic rings. The number of benzene rings is 1. The molecule has 0 aliphatic heterocycles. The van der Waals surface area contributed by atoms with Crippen LogP contribution in [0.2, 0.25) is 0 Å². The van der Waals surface area contributed by atoms with Crippen molar-refractivity contribution in [3.63, 3.8) is 0 Å². The SMILES string of the molecule is COCCC(C)NC(C)c1ccc(OC(F)(F)F)cc1. The number of ether oxygens (including phenoxy) is 2. The van der Waals surface area contributed by atoms with Crippen molar-refractivity contribution in [1.29, 1.82) is 0 Å². The molecular formula is C14H20F3NO2. The van der Waals surface area contributed by atoms with Gasteiger partial charge in [-0.05, 0) is 38.0 Å². The van der Waals surface area contributed by atoms with Gasteiger partial charge in [0.2, 0.25) is 0 Å². The minimum absolute atomic E-state index is 0.0433. The lowest BCUT2D eigenvalue weighted by molar-refractivity contribution is -0.274. The molecule has 1 N–H and O–H groups in total. The Kier molecular flexibility index (Phi) is 6.29. The van der Waals surface area contributed by atoms with Crippen LogP contribution in [0.4, 0.5) is 13.2 Å². The van der Waals surface area contributed by atoms with E-state index in [2.05, 4.69) is 10.1 Å². The third-order valence-electron chi connectivity index (χ3n) is 2.90. The Labute approximate surface area is 117 Å². The summed E-state index contributed by atoms with van der Waals surface area (Å²) in [4.78, 5) is 0. The number of alkyl halides is 3. The highest BCUT2D eigenvalue weighted by molar-refractivity contribution is 5.29. The average Bonchev–Trinajstić information content (AvgIpc) is 2.35. The first-order chi connectivity index (χ1) is 9.31. The summed E-state index contributed by atoms with van der Waals surface area (Å²) in [5.41, 5.74) is 0.906. The Hall–Kier alpha value is -1.27. The van der Waals surface area contributed by atoms with Crippen LogP contribution in [-0.2, 0) is 4.74 Å². The van der Waals surface area contributed by atoms with Crippen molar-refractivity contribution < 1.29 is 22.6 Å². The van der Waals surface area contributed by atoms with Gasteiger partial charge >= 0.3 is 6.36 Å². The van der Waals surface area contributed by atoms with Crippen molar-refractivity contribution in [2.75, 3.05) is 13.7 Å². The van der Waals surface area contributed by atoms with Gasteiger partial charge in [-0.25, -0.2) is 0 Å².